The average molecular weight is 254 g/mol. The molecule has 0 saturated heterocycles. The standard InChI is InChI=1S/C15H14N2O2/c1-3-19-15(18)11-8-9-14-16-12-6-4-5-7-13(12)17(14)10(11)2/h4-9H,3H2,1-2H3. The first kappa shape index (κ1) is 11.7. The highest BCUT2D eigenvalue weighted by molar-refractivity contribution is 5.92. The minimum atomic E-state index is -0.292. The second kappa shape index (κ2) is 4.39. The van der Waals surface area contributed by atoms with Crippen molar-refractivity contribution in [3.63, 3.8) is 0 Å². The van der Waals surface area contributed by atoms with E-state index in [1.165, 1.54) is 0 Å². The Kier molecular flexibility index (Phi) is 2.71. The van der Waals surface area contributed by atoms with Gasteiger partial charge in [-0.05, 0) is 38.1 Å². The lowest BCUT2D eigenvalue weighted by molar-refractivity contribution is 0.0525. The van der Waals surface area contributed by atoms with Crippen molar-refractivity contribution in [2.24, 2.45) is 0 Å². The van der Waals surface area contributed by atoms with Crippen molar-refractivity contribution >= 4 is 22.6 Å². The number of fused-ring (bicyclic) bond motifs is 3. The third-order valence-corrected chi connectivity index (χ3v) is 3.21. The first-order valence-electron chi connectivity index (χ1n) is 6.26. The number of ether oxygens (including phenoxy) is 1. The molecule has 0 radical (unpaired) electrons. The second-order valence-electron chi connectivity index (χ2n) is 4.35. The van der Waals surface area contributed by atoms with Crippen molar-refractivity contribution in [1.82, 2.24) is 9.38 Å². The van der Waals surface area contributed by atoms with Crippen LogP contribution in [0.2, 0.25) is 0 Å². The van der Waals surface area contributed by atoms with Gasteiger partial charge in [0.15, 0.2) is 0 Å². The molecular weight excluding hydrogens is 240 g/mol. The van der Waals surface area contributed by atoms with Crippen LogP contribution in [0.25, 0.3) is 16.7 Å². The Morgan fingerprint density at radius 1 is 1.26 bits per heavy atom. The maximum atomic E-state index is 11.9. The van der Waals surface area contributed by atoms with Crippen LogP contribution in [-0.4, -0.2) is 22.0 Å². The molecule has 0 fully saturated rings. The topological polar surface area (TPSA) is 43.6 Å². The molecule has 0 saturated carbocycles. The van der Waals surface area contributed by atoms with Crippen LogP contribution in [0.5, 0.6) is 0 Å². The summed E-state index contributed by atoms with van der Waals surface area (Å²) in [7, 11) is 0. The Balaban J connectivity index is 2.31. The zero-order chi connectivity index (χ0) is 13.4. The molecule has 0 aliphatic heterocycles. The number of nitrogens with zero attached hydrogens (tertiary/aromatic N) is 2. The van der Waals surface area contributed by atoms with Gasteiger partial charge in [-0.25, -0.2) is 9.78 Å². The van der Waals surface area contributed by atoms with Gasteiger partial charge in [-0.1, -0.05) is 12.1 Å². The lowest BCUT2D eigenvalue weighted by Gasteiger charge is -2.08. The summed E-state index contributed by atoms with van der Waals surface area (Å²) >= 11 is 0. The number of carbonyl (C=O) groups is 1. The fourth-order valence-corrected chi connectivity index (χ4v) is 2.33. The van der Waals surface area contributed by atoms with E-state index in [0.29, 0.717) is 12.2 Å². The largest absolute Gasteiger partial charge is 0.462 e. The number of benzene rings is 1. The Labute approximate surface area is 110 Å². The Morgan fingerprint density at radius 3 is 2.84 bits per heavy atom. The minimum Gasteiger partial charge on any atom is -0.462 e. The van der Waals surface area contributed by atoms with E-state index in [1.54, 1.807) is 13.0 Å². The summed E-state index contributed by atoms with van der Waals surface area (Å²) in [6.45, 7) is 4.09. The summed E-state index contributed by atoms with van der Waals surface area (Å²) in [5.74, 6) is -0.292. The number of hydrogen-bond acceptors (Lipinski definition) is 3. The molecule has 3 aromatic rings. The summed E-state index contributed by atoms with van der Waals surface area (Å²) in [4.78, 5) is 16.4. The number of aryl methyl sites for hydroxylation is 1. The third kappa shape index (κ3) is 1.76. The summed E-state index contributed by atoms with van der Waals surface area (Å²) in [6.07, 6.45) is 0. The van der Waals surface area contributed by atoms with Gasteiger partial charge in [0.05, 0.1) is 23.2 Å². The van der Waals surface area contributed by atoms with Crippen LogP contribution < -0.4 is 0 Å². The van der Waals surface area contributed by atoms with Crippen LogP contribution in [0.15, 0.2) is 36.4 Å². The van der Waals surface area contributed by atoms with Crippen molar-refractivity contribution in [2.75, 3.05) is 6.61 Å². The van der Waals surface area contributed by atoms with Crippen LogP contribution in [0.4, 0.5) is 0 Å². The van der Waals surface area contributed by atoms with Crippen molar-refractivity contribution in [2.45, 2.75) is 13.8 Å². The first-order valence-corrected chi connectivity index (χ1v) is 6.26. The third-order valence-electron chi connectivity index (χ3n) is 3.21. The SMILES string of the molecule is CCOC(=O)c1ccc2nc3ccccc3n2c1C. The quantitative estimate of drug-likeness (QED) is 0.660. The second-order valence-corrected chi connectivity index (χ2v) is 4.35. The molecule has 1 aromatic carbocycles. The van der Waals surface area contributed by atoms with Gasteiger partial charge < -0.3 is 4.74 Å². The summed E-state index contributed by atoms with van der Waals surface area (Å²) in [6, 6.07) is 11.5. The zero-order valence-electron chi connectivity index (χ0n) is 10.9. The normalized spacial score (nSPS) is 11.1. The molecule has 0 amide bonds. The molecule has 0 unspecified atom stereocenters. The van der Waals surface area contributed by atoms with E-state index >= 15 is 0 Å². The minimum absolute atomic E-state index is 0.292. The molecular formula is C15H14N2O2. The molecule has 2 heterocycles. The Bertz CT molecular complexity index is 774. The molecule has 19 heavy (non-hydrogen) atoms. The van der Waals surface area contributed by atoms with E-state index in [2.05, 4.69) is 4.98 Å². The van der Waals surface area contributed by atoms with Crippen LogP contribution in [0, 0.1) is 6.92 Å². The maximum absolute atomic E-state index is 11.9. The van der Waals surface area contributed by atoms with Gasteiger partial charge in [-0.2, -0.15) is 0 Å². The van der Waals surface area contributed by atoms with Crippen LogP contribution in [0.1, 0.15) is 23.0 Å². The van der Waals surface area contributed by atoms with Gasteiger partial charge in [-0.15, -0.1) is 0 Å². The number of carbonyl (C=O) groups excluding carboxylic acids is 1. The van der Waals surface area contributed by atoms with Crippen molar-refractivity contribution in [1.29, 1.82) is 0 Å². The first-order chi connectivity index (χ1) is 9.22. The van der Waals surface area contributed by atoms with Gasteiger partial charge in [0.25, 0.3) is 0 Å². The maximum Gasteiger partial charge on any atom is 0.339 e. The fourth-order valence-electron chi connectivity index (χ4n) is 2.33. The smallest absolute Gasteiger partial charge is 0.339 e. The van der Waals surface area contributed by atoms with Crippen molar-refractivity contribution < 1.29 is 9.53 Å². The van der Waals surface area contributed by atoms with E-state index in [0.717, 1.165) is 22.4 Å². The monoisotopic (exact) mass is 254 g/mol. The van der Waals surface area contributed by atoms with Crippen LogP contribution in [0.3, 0.4) is 0 Å². The summed E-state index contributed by atoms with van der Waals surface area (Å²) in [5.41, 5.74) is 4.20. The van der Waals surface area contributed by atoms with Gasteiger partial charge in [0.1, 0.15) is 5.65 Å². The number of para-hydroxylation sites is 2. The summed E-state index contributed by atoms with van der Waals surface area (Å²) in [5, 5.41) is 0. The van der Waals surface area contributed by atoms with Gasteiger partial charge >= 0.3 is 5.97 Å². The van der Waals surface area contributed by atoms with E-state index in [4.69, 9.17) is 4.74 Å². The Hall–Kier alpha value is -2.36. The molecule has 0 aliphatic carbocycles. The lowest BCUT2D eigenvalue weighted by Crippen LogP contribution is -2.09. The number of aromatic nitrogens is 2. The number of imidazole rings is 1. The zero-order valence-corrected chi connectivity index (χ0v) is 10.9. The summed E-state index contributed by atoms with van der Waals surface area (Å²) < 4.78 is 7.06. The molecule has 3 rings (SSSR count). The van der Waals surface area contributed by atoms with Crippen LogP contribution in [-0.2, 0) is 4.74 Å². The number of hydrogen-bond donors (Lipinski definition) is 0. The molecule has 96 valence electrons. The highest BCUT2D eigenvalue weighted by Crippen LogP contribution is 2.20. The van der Waals surface area contributed by atoms with E-state index in [9.17, 15) is 4.79 Å². The van der Waals surface area contributed by atoms with Gasteiger partial charge in [0, 0.05) is 5.69 Å². The fraction of sp³-hybridized carbons (Fsp3) is 0.200. The highest BCUT2D eigenvalue weighted by Gasteiger charge is 2.14. The predicted octanol–water partition coefficient (Wildman–Crippen LogP) is 2.97. The lowest BCUT2D eigenvalue weighted by atomic mass is 10.2. The van der Waals surface area contributed by atoms with Crippen molar-refractivity contribution in [3.8, 4) is 0 Å². The molecule has 2 aromatic heterocycles. The number of rotatable bonds is 2. The van der Waals surface area contributed by atoms with Crippen LogP contribution >= 0.6 is 0 Å². The van der Waals surface area contributed by atoms with Gasteiger partial charge in [0.2, 0.25) is 0 Å². The predicted molar refractivity (Wildman–Crippen MR) is 73.4 cm³/mol. The number of esters is 1. The highest BCUT2D eigenvalue weighted by atomic mass is 16.5. The molecule has 4 nitrogen and oxygen atoms in total. The Morgan fingerprint density at radius 2 is 2.05 bits per heavy atom. The van der Waals surface area contributed by atoms with E-state index in [-0.39, 0.29) is 5.97 Å². The molecule has 4 heteroatoms. The van der Waals surface area contributed by atoms with Gasteiger partial charge in [-0.3, -0.25) is 4.40 Å². The van der Waals surface area contributed by atoms with Crippen molar-refractivity contribution in [3.05, 3.63) is 47.7 Å². The molecule has 0 aliphatic rings. The average Bonchev–Trinajstić information content (AvgIpc) is 2.78. The molecule has 0 bridgehead atoms. The molecule has 0 spiro atoms. The molecule has 0 atom stereocenters. The van der Waals surface area contributed by atoms with E-state index in [1.807, 2.05) is 41.7 Å². The van der Waals surface area contributed by atoms with E-state index < -0.39 is 0 Å². The number of pyridine rings is 1. The molecule has 0 N–H and O–H groups in total.